The van der Waals surface area contributed by atoms with Gasteiger partial charge in [-0.1, -0.05) is 42.5 Å². The maximum atomic E-state index is 13.3. The van der Waals surface area contributed by atoms with E-state index in [0.29, 0.717) is 0 Å². The molecule has 19 heavy (non-hydrogen) atoms. The normalized spacial score (nSPS) is 13.6. The Labute approximate surface area is 114 Å². The molecule has 0 bridgehead atoms. The predicted octanol–water partition coefficient (Wildman–Crippen LogP) is 5.72. The maximum Gasteiger partial charge on any atom is 0.270 e. The van der Waals surface area contributed by atoms with Gasteiger partial charge in [0.05, 0.1) is 0 Å². The van der Waals surface area contributed by atoms with Crippen molar-refractivity contribution in [2.75, 3.05) is 0 Å². The lowest BCUT2D eigenvalue weighted by Crippen LogP contribution is -2.06. The zero-order valence-electron chi connectivity index (χ0n) is 11.9. The lowest BCUT2D eigenvalue weighted by Gasteiger charge is -2.12. The van der Waals surface area contributed by atoms with Crippen LogP contribution in [0.4, 0.5) is 8.78 Å². The molecule has 0 N–H and O–H groups in total. The standard InChI is InChI=1S/C17H20F2/c1-12(2)13(3)9-10-14(4)15-7-6-8-16(11-15)17(5,18)19/h6-11H,1H2,2-5H3/b13-9-,14-10+. The molecule has 1 aromatic rings. The lowest BCUT2D eigenvalue weighted by atomic mass is 10.0. The Hall–Kier alpha value is -1.70. The minimum absolute atomic E-state index is 0.0401. The van der Waals surface area contributed by atoms with E-state index in [-0.39, 0.29) is 5.56 Å². The highest BCUT2D eigenvalue weighted by atomic mass is 19.3. The molecule has 0 aliphatic rings. The number of alkyl halides is 2. The summed E-state index contributed by atoms with van der Waals surface area (Å²) < 4.78 is 26.5. The summed E-state index contributed by atoms with van der Waals surface area (Å²) in [5, 5.41) is 0. The molecule has 0 nitrogen and oxygen atoms in total. The third-order valence-corrected chi connectivity index (χ3v) is 3.08. The second-order valence-electron chi connectivity index (χ2n) is 4.95. The van der Waals surface area contributed by atoms with Crippen molar-refractivity contribution in [3.63, 3.8) is 0 Å². The van der Waals surface area contributed by atoms with Gasteiger partial charge >= 0.3 is 0 Å². The van der Waals surface area contributed by atoms with Gasteiger partial charge in [0, 0.05) is 12.5 Å². The Morgan fingerprint density at radius 3 is 2.32 bits per heavy atom. The van der Waals surface area contributed by atoms with E-state index in [1.165, 1.54) is 12.1 Å². The van der Waals surface area contributed by atoms with Crippen molar-refractivity contribution in [3.05, 3.63) is 65.3 Å². The molecule has 0 unspecified atom stereocenters. The summed E-state index contributed by atoms with van der Waals surface area (Å²) in [5.74, 6) is -2.81. The molecule has 0 aromatic heterocycles. The minimum Gasteiger partial charge on any atom is -0.202 e. The largest absolute Gasteiger partial charge is 0.270 e. The molecule has 0 saturated heterocycles. The van der Waals surface area contributed by atoms with Crippen molar-refractivity contribution < 1.29 is 8.78 Å². The summed E-state index contributed by atoms with van der Waals surface area (Å²) in [6.07, 6.45) is 3.88. The molecule has 0 aliphatic heterocycles. The molecule has 0 aliphatic carbocycles. The highest BCUT2D eigenvalue weighted by Crippen LogP contribution is 2.29. The number of hydrogen-bond donors (Lipinski definition) is 0. The van der Waals surface area contributed by atoms with Crippen molar-refractivity contribution in [1.29, 1.82) is 0 Å². The third-order valence-electron chi connectivity index (χ3n) is 3.08. The third kappa shape index (κ3) is 4.47. The molecular formula is C17H20F2. The Kier molecular flexibility index (Phi) is 4.82. The summed E-state index contributed by atoms with van der Waals surface area (Å²) in [4.78, 5) is 0. The van der Waals surface area contributed by atoms with Gasteiger partial charge in [-0.05, 0) is 43.5 Å². The van der Waals surface area contributed by atoms with E-state index in [1.54, 1.807) is 6.07 Å². The molecule has 0 radical (unpaired) electrons. The number of benzene rings is 1. The minimum atomic E-state index is -2.81. The second-order valence-corrected chi connectivity index (χ2v) is 4.95. The summed E-state index contributed by atoms with van der Waals surface area (Å²) in [7, 11) is 0. The average Bonchev–Trinajstić information content (AvgIpc) is 2.34. The van der Waals surface area contributed by atoms with Crippen molar-refractivity contribution >= 4 is 5.57 Å². The van der Waals surface area contributed by atoms with Crippen molar-refractivity contribution in [2.45, 2.75) is 33.6 Å². The molecule has 0 saturated carbocycles. The Balaban J connectivity index is 3.07. The number of allylic oxidation sites excluding steroid dienone is 5. The van der Waals surface area contributed by atoms with Crippen molar-refractivity contribution in [2.24, 2.45) is 0 Å². The SMILES string of the molecule is C=C(C)/C(C)=C\C=C(/C)c1cccc(C(C)(F)F)c1. The molecular weight excluding hydrogens is 242 g/mol. The van der Waals surface area contributed by atoms with Gasteiger partial charge in [-0.15, -0.1) is 0 Å². The summed E-state index contributed by atoms with van der Waals surface area (Å²) in [6, 6.07) is 6.49. The van der Waals surface area contributed by atoms with Gasteiger partial charge < -0.3 is 0 Å². The van der Waals surface area contributed by atoms with E-state index >= 15 is 0 Å². The van der Waals surface area contributed by atoms with Crippen LogP contribution in [0, 0.1) is 0 Å². The average molecular weight is 262 g/mol. The van der Waals surface area contributed by atoms with Gasteiger partial charge in [-0.3, -0.25) is 0 Å². The first kappa shape index (κ1) is 15.4. The topological polar surface area (TPSA) is 0 Å². The molecule has 1 aromatic carbocycles. The molecule has 0 heterocycles. The van der Waals surface area contributed by atoms with Crippen LogP contribution < -0.4 is 0 Å². The quantitative estimate of drug-likeness (QED) is 0.608. The molecule has 0 spiro atoms. The van der Waals surface area contributed by atoms with Crippen molar-refractivity contribution in [3.8, 4) is 0 Å². The van der Waals surface area contributed by atoms with Gasteiger partial charge in [0.25, 0.3) is 5.92 Å². The van der Waals surface area contributed by atoms with Crippen LogP contribution in [0.2, 0.25) is 0 Å². The first-order chi connectivity index (χ1) is 8.71. The van der Waals surface area contributed by atoms with E-state index in [0.717, 1.165) is 29.2 Å². The van der Waals surface area contributed by atoms with Gasteiger partial charge in [0.1, 0.15) is 0 Å². The van der Waals surface area contributed by atoms with Crippen LogP contribution in [0.15, 0.2) is 54.1 Å². The van der Waals surface area contributed by atoms with E-state index in [1.807, 2.05) is 39.0 Å². The molecule has 102 valence electrons. The fourth-order valence-corrected chi connectivity index (χ4v) is 1.53. The van der Waals surface area contributed by atoms with Crippen LogP contribution in [-0.2, 0) is 5.92 Å². The van der Waals surface area contributed by atoms with E-state index in [2.05, 4.69) is 6.58 Å². The number of hydrogen-bond acceptors (Lipinski definition) is 0. The van der Waals surface area contributed by atoms with Crippen LogP contribution in [-0.4, -0.2) is 0 Å². The van der Waals surface area contributed by atoms with Crippen molar-refractivity contribution in [1.82, 2.24) is 0 Å². The van der Waals surface area contributed by atoms with E-state index in [9.17, 15) is 8.78 Å². The zero-order valence-corrected chi connectivity index (χ0v) is 11.9. The van der Waals surface area contributed by atoms with E-state index in [4.69, 9.17) is 0 Å². The second kappa shape index (κ2) is 5.96. The van der Waals surface area contributed by atoms with Gasteiger partial charge in [-0.25, -0.2) is 8.78 Å². The van der Waals surface area contributed by atoms with Crippen LogP contribution in [0.25, 0.3) is 5.57 Å². The van der Waals surface area contributed by atoms with Gasteiger partial charge in [0.2, 0.25) is 0 Å². The Morgan fingerprint density at radius 2 is 1.79 bits per heavy atom. The van der Waals surface area contributed by atoms with Crippen LogP contribution in [0.5, 0.6) is 0 Å². The maximum absolute atomic E-state index is 13.3. The van der Waals surface area contributed by atoms with Crippen LogP contribution in [0.3, 0.4) is 0 Å². The monoisotopic (exact) mass is 262 g/mol. The van der Waals surface area contributed by atoms with Crippen LogP contribution >= 0.6 is 0 Å². The molecule has 2 heteroatoms. The Morgan fingerprint density at radius 1 is 1.16 bits per heavy atom. The molecule has 0 fully saturated rings. The molecule has 0 atom stereocenters. The zero-order chi connectivity index (χ0) is 14.6. The summed E-state index contributed by atoms with van der Waals surface area (Å²) >= 11 is 0. The smallest absolute Gasteiger partial charge is 0.202 e. The lowest BCUT2D eigenvalue weighted by molar-refractivity contribution is 0.0174. The molecule has 1 rings (SSSR count). The predicted molar refractivity (Wildman–Crippen MR) is 78.2 cm³/mol. The Bertz CT molecular complexity index is 528. The highest BCUT2D eigenvalue weighted by molar-refractivity contribution is 5.66. The van der Waals surface area contributed by atoms with Crippen LogP contribution in [0.1, 0.15) is 38.8 Å². The van der Waals surface area contributed by atoms with Gasteiger partial charge in [-0.2, -0.15) is 0 Å². The number of halogens is 2. The number of rotatable bonds is 4. The van der Waals surface area contributed by atoms with E-state index < -0.39 is 5.92 Å². The summed E-state index contributed by atoms with van der Waals surface area (Å²) in [6.45, 7) is 10.6. The highest BCUT2D eigenvalue weighted by Gasteiger charge is 2.24. The summed E-state index contributed by atoms with van der Waals surface area (Å²) in [5.41, 5.74) is 3.88. The van der Waals surface area contributed by atoms with Gasteiger partial charge in [0.15, 0.2) is 0 Å². The fraction of sp³-hybridized carbons (Fsp3) is 0.294. The first-order valence-corrected chi connectivity index (χ1v) is 6.21. The first-order valence-electron chi connectivity index (χ1n) is 6.21. The fourth-order valence-electron chi connectivity index (χ4n) is 1.53. The molecule has 0 amide bonds.